The number of carbonyl (C=O) groups excluding carboxylic acids is 1. The number of alkyl halides is 3. The molecule has 0 spiro atoms. The topological polar surface area (TPSA) is 58.4 Å². The minimum atomic E-state index is -4.46. The molecular weight excluding hydrogens is 427 g/mol. The van der Waals surface area contributed by atoms with E-state index >= 15 is 0 Å². The molecule has 0 aliphatic heterocycles. The highest BCUT2D eigenvalue weighted by Gasteiger charge is 2.31. The Morgan fingerprint density at radius 2 is 1.90 bits per heavy atom. The van der Waals surface area contributed by atoms with Crippen LogP contribution in [0.4, 0.5) is 13.2 Å². The van der Waals surface area contributed by atoms with Gasteiger partial charge in [-0.2, -0.15) is 18.3 Å². The molecule has 0 saturated heterocycles. The van der Waals surface area contributed by atoms with Crippen molar-refractivity contribution >= 4 is 27.5 Å². The normalized spacial score (nSPS) is 11.8. The fourth-order valence-corrected chi connectivity index (χ4v) is 4.48. The van der Waals surface area contributed by atoms with Crippen LogP contribution in [0.2, 0.25) is 0 Å². The predicted molar refractivity (Wildman–Crippen MR) is 113 cm³/mol. The van der Waals surface area contributed by atoms with Crippen LogP contribution in [0.15, 0.2) is 54.6 Å². The molecule has 1 N–H and O–H groups in total. The van der Waals surface area contributed by atoms with Crippen LogP contribution >= 0.6 is 11.3 Å². The van der Waals surface area contributed by atoms with E-state index in [0.717, 1.165) is 12.1 Å². The maximum Gasteiger partial charge on any atom is 0.416 e. The molecule has 0 aliphatic rings. The molecule has 4 rings (SSSR count). The van der Waals surface area contributed by atoms with E-state index in [-0.39, 0.29) is 23.9 Å². The summed E-state index contributed by atoms with van der Waals surface area (Å²) in [6.45, 7) is 1.97. The molecule has 5 nitrogen and oxygen atoms in total. The standard InChI is InChI=1S/C22H18F3N3O2S/c1-13-17-11-19(20(30)27(2)12-14-6-3-4-9-18(14)29)31-21(17)28(26-13)16-8-5-7-15(10-16)22(23,24)25/h3-11,29H,12H2,1-2H3. The van der Waals surface area contributed by atoms with Gasteiger partial charge in [-0.15, -0.1) is 11.3 Å². The highest BCUT2D eigenvalue weighted by atomic mass is 32.1. The van der Waals surface area contributed by atoms with Crippen LogP contribution in [0.5, 0.6) is 5.75 Å². The van der Waals surface area contributed by atoms with Crippen molar-refractivity contribution in [2.45, 2.75) is 19.6 Å². The third-order valence-corrected chi connectivity index (χ3v) is 6.02. The first-order valence-electron chi connectivity index (χ1n) is 9.34. The Morgan fingerprint density at radius 3 is 2.61 bits per heavy atom. The third kappa shape index (κ3) is 4.00. The largest absolute Gasteiger partial charge is 0.508 e. The van der Waals surface area contributed by atoms with Gasteiger partial charge in [0.2, 0.25) is 0 Å². The summed E-state index contributed by atoms with van der Waals surface area (Å²) in [7, 11) is 1.63. The van der Waals surface area contributed by atoms with Gasteiger partial charge in [0.25, 0.3) is 5.91 Å². The van der Waals surface area contributed by atoms with Crippen molar-refractivity contribution in [1.82, 2.24) is 14.7 Å². The first-order valence-corrected chi connectivity index (χ1v) is 10.2. The lowest BCUT2D eigenvalue weighted by Crippen LogP contribution is -2.25. The van der Waals surface area contributed by atoms with Crippen molar-refractivity contribution in [2.24, 2.45) is 0 Å². The maximum atomic E-state index is 13.1. The number of hydrogen-bond donors (Lipinski definition) is 1. The average molecular weight is 445 g/mol. The zero-order chi connectivity index (χ0) is 22.3. The van der Waals surface area contributed by atoms with E-state index < -0.39 is 11.7 Å². The number of thiophene rings is 1. The number of aromatic nitrogens is 2. The summed E-state index contributed by atoms with van der Waals surface area (Å²) < 4.78 is 40.8. The Balaban J connectivity index is 1.68. The molecule has 31 heavy (non-hydrogen) atoms. The van der Waals surface area contributed by atoms with Crippen molar-refractivity contribution in [3.8, 4) is 11.4 Å². The third-order valence-electron chi connectivity index (χ3n) is 4.92. The predicted octanol–water partition coefficient (Wildman–Crippen LogP) is 5.39. The number of para-hydroxylation sites is 1. The van der Waals surface area contributed by atoms with Gasteiger partial charge in [-0.1, -0.05) is 24.3 Å². The number of rotatable bonds is 4. The number of hydrogen-bond acceptors (Lipinski definition) is 4. The molecule has 0 unspecified atom stereocenters. The minimum absolute atomic E-state index is 0.106. The van der Waals surface area contributed by atoms with E-state index in [1.54, 1.807) is 50.4 Å². The lowest BCUT2D eigenvalue weighted by Gasteiger charge is -2.17. The van der Waals surface area contributed by atoms with Gasteiger partial charge >= 0.3 is 6.18 Å². The Labute approximate surface area is 180 Å². The van der Waals surface area contributed by atoms with Gasteiger partial charge < -0.3 is 10.0 Å². The van der Waals surface area contributed by atoms with Crippen LogP contribution in [0.1, 0.15) is 26.5 Å². The highest BCUT2D eigenvalue weighted by Crippen LogP contribution is 2.34. The number of phenols is 1. The molecule has 0 saturated carbocycles. The second kappa shape index (κ2) is 7.73. The smallest absolute Gasteiger partial charge is 0.416 e. The average Bonchev–Trinajstić information content (AvgIpc) is 3.29. The summed E-state index contributed by atoms with van der Waals surface area (Å²) in [6, 6.07) is 13.4. The zero-order valence-corrected chi connectivity index (χ0v) is 17.5. The highest BCUT2D eigenvalue weighted by molar-refractivity contribution is 7.20. The number of benzene rings is 2. The number of amides is 1. The van der Waals surface area contributed by atoms with Crippen molar-refractivity contribution < 1.29 is 23.1 Å². The molecule has 2 heterocycles. The van der Waals surface area contributed by atoms with Crippen LogP contribution in [0.3, 0.4) is 0 Å². The van der Waals surface area contributed by atoms with Crippen molar-refractivity contribution in [2.75, 3.05) is 7.05 Å². The van der Waals surface area contributed by atoms with E-state index in [0.29, 0.717) is 26.4 Å². The second-order valence-electron chi connectivity index (χ2n) is 7.16. The molecule has 0 bridgehead atoms. The first kappa shape index (κ1) is 20.9. The molecule has 0 atom stereocenters. The summed E-state index contributed by atoms with van der Waals surface area (Å²) in [5.41, 5.74) is 0.745. The van der Waals surface area contributed by atoms with Crippen LogP contribution < -0.4 is 0 Å². The number of aromatic hydroxyl groups is 1. The summed E-state index contributed by atoms with van der Waals surface area (Å²) in [6.07, 6.45) is -4.46. The molecule has 1 amide bonds. The van der Waals surface area contributed by atoms with E-state index in [2.05, 4.69) is 5.10 Å². The molecule has 0 aliphatic carbocycles. The number of halogens is 3. The monoisotopic (exact) mass is 445 g/mol. The van der Waals surface area contributed by atoms with E-state index in [1.807, 2.05) is 0 Å². The lowest BCUT2D eigenvalue weighted by molar-refractivity contribution is -0.137. The van der Waals surface area contributed by atoms with Gasteiger partial charge in [-0.25, -0.2) is 4.68 Å². The lowest BCUT2D eigenvalue weighted by atomic mass is 10.2. The summed E-state index contributed by atoms with van der Waals surface area (Å²) in [5, 5.41) is 15.0. The molecule has 0 radical (unpaired) electrons. The molecule has 4 aromatic rings. The van der Waals surface area contributed by atoms with Gasteiger partial charge in [0.05, 0.1) is 21.8 Å². The fourth-order valence-electron chi connectivity index (χ4n) is 3.30. The van der Waals surface area contributed by atoms with Gasteiger partial charge in [-0.3, -0.25) is 4.79 Å². The maximum absolute atomic E-state index is 13.1. The SMILES string of the molecule is Cc1nn(-c2cccc(C(F)(F)F)c2)c2sc(C(=O)N(C)Cc3ccccc3O)cc12. The van der Waals surface area contributed by atoms with Gasteiger partial charge in [-0.05, 0) is 37.3 Å². The van der Waals surface area contributed by atoms with Gasteiger partial charge in [0, 0.05) is 24.5 Å². The van der Waals surface area contributed by atoms with E-state index in [4.69, 9.17) is 0 Å². The van der Waals surface area contributed by atoms with Gasteiger partial charge in [0.1, 0.15) is 10.6 Å². The molecular formula is C22H18F3N3O2S. The second-order valence-corrected chi connectivity index (χ2v) is 8.20. The fraction of sp³-hybridized carbons (Fsp3) is 0.182. The van der Waals surface area contributed by atoms with Crippen LogP contribution in [0, 0.1) is 6.92 Å². The Hall–Kier alpha value is -3.33. The van der Waals surface area contributed by atoms with Crippen LogP contribution in [-0.2, 0) is 12.7 Å². The summed E-state index contributed by atoms with van der Waals surface area (Å²) in [5.74, 6) is -0.144. The summed E-state index contributed by atoms with van der Waals surface area (Å²) in [4.78, 5) is 15.5. The van der Waals surface area contributed by atoms with E-state index in [1.165, 1.54) is 27.0 Å². The van der Waals surface area contributed by atoms with Crippen LogP contribution in [0.25, 0.3) is 15.9 Å². The van der Waals surface area contributed by atoms with Crippen molar-refractivity contribution in [3.63, 3.8) is 0 Å². The van der Waals surface area contributed by atoms with Gasteiger partial charge in [0.15, 0.2) is 0 Å². The quantitative estimate of drug-likeness (QED) is 0.458. The minimum Gasteiger partial charge on any atom is -0.508 e. The molecule has 2 aromatic heterocycles. The Morgan fingerprint density at radius 1 is 1.16 bits per heavy atom. The molecule has 9 heteroatoms. The molecule has 0 fully saturated rings. The number of fused-ring (bicyclic) bond motifs is 1. The number of nitrogens with zero attached hydrogens (tertiary/aromatic N) is 3. The number of phenolic OH excluding ortho intramolecular Hbond substituents is 1. The van der Waals surface area contributed by atoms with Crippen molar-refractivity contribution in [3.05, 3.63) is 76.3 Å². The van der Waals surface area contributed by atoms with Crippen molar-refractivity contribution in [1.29, 1.82) is 0 Å². The zero-order valence-electron chi connectivity index (χ0n) is 16.6. The van der Waals surface area contributed by atoms with Crippen LogP contribution in [-0.4, -0.2) is 32.7 Å². The Kier molecular flexibility index (Phi) is 5.22. The Bertz CT molecular complexity index is 1280. The first-order chi connectivity index (χ1) is 14.6. The van der Waals surface area contributed by atoms with E-state index in [9.17, 15) is 23.1 Å². The number of aryl methyl sites for hydroxylation is 1. The number of carbonyl (C=O) groups is 1. The summed E-state index contributed by atoms with van der Waals surface area (Å²) >= 11 is 1.17. The molecule has 160 valence electrons. The molecule has 2 aromatic carbocycles.